The molecule has 1 saturated heterocycles. The fourth-order valence-corrected chi connectivity index (χ4v) is 4.31. The van der Waals surface area contributed by atoms with Gasteiger partial charge in [-0.05, 0) is 42.2 Å². The van der Waals surface area contributed by atoms with Crippen LogP contribution >= 0.6 is 0 Å². The van der Waals surface area contributed by atoms with E-state index in [2.05, 4.69) is 10.6 Å². The van der Waals surface area contributed by atoms with Crippen molar-refractivity contribution in [3.8, 4) is 0 Å². The summed E-state index contributed by atoms with van der Waals surface area (Å²) in [5.41, 5.74) is 0.188. The number of urea groups is 1. The fraction of sp³-hybridized carbons (Fsp3) is 0.409. The van der Waals surface area contributed by atoms with Crippen LogP contribution in [-0.2, 0) is 9.59 Å². The number of hydrogen-bond acceptors (Lipinski definition) is 3. The van der Waals surface area contributed by atoms with E-state index in [4.69, 9.17) is 0 Å². The quantitative estimate of drug-likeness (QED) is 0.801. The third kappa shape index (κ3) is 3.35. The van der Waals surface area contributed by atoms with Crippen molar-refractivity contribution in [1.82, 2.24) is 15.5 Å². The van der Waals surface area contributed by atoms with Crippen LogP contribution < -0.4 is 10.6 Å². The first-order valence-electron chi connectivity index (χ1n) is 9.91. The monoisotopic (exact) mass is 379 g/mol. The summed E-state index contributed by atoms with van der Waals surface area (Å²) < 4.78 is 0. The van der Waals surface area contributed by atoms with Gasteiger partial charge in [-0.15, -0.1) is 0 Å². The molecule has 0 bridgehead atoms. The molecular formula is C22H25N3O3. The molecule has 0 radical (unpaired) electrons. The lowest BCUT2D eigenvalue weighted by Gasteiger charge is -2.30. The Balaban J connectivity index is 1.42. The van der Waals surface area contributed by atoms with Crippen LogP contribution in [0.25, 0.3) is 10.8 Å². The van der Waals surface area contributed by atoms with E-state index in [1.807, 2.05) is 49.4 Å². The molecule has 1 heterocycles. The number of rotatable bonds is 4. The van der Waals surface area contributed by atoms with Crippen LogP contribution in [0.2, 0.25) is 0 Å². The van der Waals surface area contributed by atoms with Gasteiger partial charge in [0, 0.05) is 0 Å². The second kappa shape index (κ2) is 7.26. The molecule has 0 aromatic heterocycles. The summed E-state index contributed by atoms with van der Waals surface area (Å²) in [5.74, 6) is -0.595. The summed E-state index contributed by atoms with van der Waals surface area (Å²) in [5, 5.41) is 7.99. The SMILES string of the molecule is C[C@H](NC(=O)CN1C(=O)NC2(CCCCC2)C1=O)c1ccc2ccccc2c1. The van der Waals surface area contributed by atoms with Gasteiger partial charge in [0.2, 0.25) is 5.91 Å². The van der Waals surface area contributed by atoms with Gasteiger partial charge in [-0.3, -0.25) is 14.5 Å². The third-order valence-electron chi connectivity index (χ3n) is 5.91. The van der Waals surface area contributed by atoms with Crippen molar-refractivity contribution in [1.29, 1.82) is 0 Å². The second-order valence-corrected chi connectivity index (χ2v) is 7.86. The van der Waals surface area contributed by atoms with Crippen LogP contribution in [0.4, 0.5) is 4.79 Å². The molecule has 2 aliphatic rings. The van der Waals surface area contributed by atoms with E-state index in [0.29, 0.717) is 12.8 Å². The zero-order valence-electron chi connectivity index (χ0n) is 16.0. The number of carbonyl (C=O) groups is 3. The molecule has 28 heavy (non-hydrogen) atoms. The Morgan fingerprint density at radius 1 is 1.11 bits per heavy atom. The number of hydrogen-bond donors (Lipinski definition) is 2. The minimum absolute atomic E-state index is 0.221. The average Bonchev–Trinajstić information content (AvgIpc) is 2.92. The molecule has 0 unspecified atom stereocenters. The first-order chi connectivity index (χ1) is 13.5. The molecular weight excluding hydrogens is 354 g/mol. The maximum Gasteiger partial charge on any atom is 0.325 e. The topological polar surface area (TPSA) is 78.5 Å². The molecule has 1 aliphatic carbocycles. The van der Waals surface area contributed by atoms with Gasteiger partial charge in [0.1, 0.15) is 12.1 Å². The molecule has 4 rings (SSSR count). The van der Waals surface area contributed by atoms with E-state index >= 15 is 0 Å². The van der Waals surface area contributed by atoms with Crippen molar-refractivity contribution < 1.29 is 14.4 Å². The predicted octanol–water partition coefficient (Wildman–Crippen LogP) is 3.27. The van der Waals surface area contributed by atoms with E-state index in [9.17, 15) is 14.4 Å². The molecule has 6 heteroatoms. The van der Waals surface area contributed by atoms with Crippen LogP contribution in [-0.4, -0.2) is 34.8 Å². The molecule has 2 fully saturated rings. The van der Waals surface area contributed by atoms with Crippen molar-refractivity contribution in [2.24, 2.45) is 0 Å². The minimum Gasteiger partial charge on any atom is -0.348 e. The standard InChI is InChI=1S/C22H25N3O3/c1-15(17-10-9-16-7-3-4-8-18(16)13-17)23-19(26)14-25-20(27)22(24-21(25)28)11-5-2-6-12-22/h3-4,7-10,13,15H,2,5-6,11-12,14H2,1H3,(H,23,26)(H,24,28)/t15-/m0/s1. The largest absolute Gasteiger partial charge is 0.348 e. The highest BCUT2D eigenvalue weighted by Gasteiger charge is 2.51. The van der Waals surface area contributed by atoms with Crippen molar-refractivity contribution in [3.05, 3.63) is 48.0 Å². The zero-order chi connectivity index (χ0) is 19.7. The van der Waals surface area contributed by atoms with E-state index in [1.165, 1.54) is 0 Å². The first kappa shape index (κ1) is 18.5. The van der Waals surface area contributed by atoms with Crippen LogP contribution in [0.15, 0.2) is 42.5 Å². The number of nitrogens with zero attached hydrogens (tertiary/aromatic N) is 1. The average molecular weight is 379 g/mol. The van der Waals surface area contributed by atoms with Crippen molar-refractivity contribution in [2.75, 3.05) is 6.54 Å². The zero-order valence-corrected chi connectivity index (χ0v) is 16.0. The highest BCUT2D eigenvalue weighted by atomic mass is 16.2. The van der Waals surface area contributed by atoms with Crippen LogP contribution in [0, 0.1) is 0 Å². The van der Waals surface area contributed by atoms with E-state index in [-0.39, 0.29) is 24.4 Å². The number of fused-ring (bicyclic) bond motifs is 1. The summed E-state index contributed by atoms with van der Waals surface area (Å²) in [6.45, 7) is 1.65. The maximum absolute atomic E-state index is 12.8. The van der Waals surface area contributed by atoms with Crippen molar-refractivity contribution in [3.63, 3.8) is 0 Å². The van der Waals surface area contributed by atoms with Crippen LogP contribution in [0.3, 0.4) is 0 Å². The summed E-state index contributed by atoms with van der Waals surface area (Å²) in [6, 6.07) is 13.4. The van der Waals surface area contributed by atoms with E-state index < -0.39 is 11.6 Å². The van der Waals surface area contributed by atoms with Gasteiger partial charge in [0.15, 0.2) is 0 Å². The molecule has 2 N–H and O–H groups in total. The molecule has 1 saturated carbocycles. The summed E-state index contributed by atoms with van der Waals surface area (Å²) >= 11 is 0. The molecule has 4 amide bonds. The van der Waals surface area contributed by atoms with Gasteiger partial charge in [0.05, 0.1) is 6.04 Å². The number of benzene rings is 2. The van der Waals surface area contributed by atoms with Crippen molar-refractivity contribution in [2.45, 2.75) is 50.6 Å². The second-order valence-electron chi connectivity index (χ2n) is 7.86. The lowest BCUT2D eigenvalue weighted by Crippen LogP contribution is -2.49. The van der Waals surface area contributed by atoms with Crippen LogP contribution in [0.5, 0.6) is 0 Å². The highest BCUT2D eigenvalue weighted by Crippen LogP contribution is 2.33. The van der Waals surface area contributed by atoms with Gasteiger partial charge >= 0.3 is 6.03 Å². The Hall–Kier alpha value is -2.89. The van der Waals surface area contributed by atoms with E-state index in [1.54, 1.807) is 0 Å². The normalized spacial score (nSPS) is 19.7. The molecule has 6 nitrogen and oxygen atoms in total. The molecule has 146 valence electrons. The Morgan fingerprint density at radius 2 is 1.82 bits per heavy atom. The predicted molar refractivity (Wildman–Crippen MR) is 107 cm³/mol. The maximum atomic E-state index is 12.8. The summed E-state index contributed by atoms with van der Waals surface area (Å²) in [6.07, 6.45) is 4.23. The number of carbonyl (C=O) groups excluding carboxylic acids is 3. The van der Waals surface area contributed by atoms with Crippen molar-refractivity contribution >= 4 is 28.6 Å². The number of imide groups is 1. The first-order valence-corrected chi connectivity index (χ1v) is 9.91. The summed E-state index contributed by atoms with van der Waals surface area (Å²) in [4.78, 5) is 38.7. The van der Waals surface area contributed by atoms with E-state index in [0.717, 1.165) is 40.5 Å². The third-order valence-corrected chi connectivity index (χ3v) is 5.91. The van der Waals surface area contributed by atoms with Gasteiger partial charge in [-0.2, -0.15) is 0 Å². The van der Waals surface area contributed by atoms with Gasteiger partial charge in [0.25, 0.3) is 5.91 Å². The smallest absolute Gasteiger partial charge is 0.325 e. The Labute approximate surface area is 164 Å². The van der Waals surface area contributed by atoms with Gasteiger partial charge < -0.3 is 10.6 Å². The molecule has 2 aromatic carbocycles. The fourth-order valence-electron chi connectivity index (χ4n) is 4.31. The van der Waals surface area contributed by atoms with Crippen LogP contribution in [0.1, 0.15) is 50.6 Å². The molecule has 1 atom stereocenters. The number of nitrogens with one attached hydrogen (secondary N) is 2. The van der Waals surface area contributed by atoms with Gasteiger partial charge in [-0.1, -0.05) is 55.7 Å². The Kier molecular flexibility index (Phi) is 4.79. The molecule has 2 aromatic rings. The van der Waals surface area contributed by atoms with Gasteiger partial charge in [-0.25, -0.2) is 4.79 Å². The number of amides is 4. The summed E-state index contributed by atoms with van der Waals surface area (Å²) in [7, 11) is 0. The minimum atomic E-state index is -0.792. The highest BCUT2D eigenvalue weighted by molar-refractivity contribution is 6.09. The molecule has 1 aliphatic heterocycles. The lowest BCUT2D eigenvalue weighted by molar-refractivity contribution is -0.136. The lowest BCUT2D eigenvalue weighted by atomic mass is 9.82. The molecule has 1 spiro atoms. The Bertz CT molecular complexity index is 934. The Morgan fingerprint density at radius 3 is 2.57 bits per heavy atom.